The third-order valence-corrected chi connectivity index (χ3v) is 5.76. The van der Waals surface area contributed by atoms with Gasteiger partial charge in [0.15, 0.2) is 5.96 Å². The number of aryl methyl sites for hydroxylation is 1. The molecule has 1 aliphatic heterocycles. The number of anilines is 1. The highest BCUT2D eigenvalue weighted by Crippen LogP contribution is 2.20. The van der Waals surface area contributed by atoms with Gasteiger partial charge in [-0.2, -0.15) is 0 Å². The van der Waals surface area contributed by atoms with Crippen molar-refractivity contribution in [3.8, 4) is 0 Å². The number of rotatable bonds is 6. The van der Waals surface area contributed by atoms with E-state index >= 15 is 0 Å². The maximum absolute atomic E-state index is 13.6. The Labute approximate surface area is 183 Å². The molecule has 7 heteroatoms. The second kappa shape index (κ2) is 9.81. The SMILES string of the molecule is CCNC(=NCCc1c[nH]c2ccc(F)cc12)NC1CCN(c2cccc(C)n2)CC1. The third-order valence-electron chi connectivity index (χ3n) is 5.76. The molecule has 1 aromatic carbocycles. The quantitative estimate of drug-likeness (QED) is 0.418. The molecule has 0 spiro atoms. The lowest BCUT2D eigenvalue weighted by Gasteiger charge is -2.34. The van der Waals surface area contributed by atoms with Crippen molar-refractivity contribution in [2.24, 2.45) is 4.99 Å². The molecule has 1 aliphatic rings. The summed E-state index contributed by atoms with van der Waals surface area (Å²) in [5.74, 6) is 1.70. The number of nitrogens with one attached hydrogen (secondary N) is 3. The predicted octanol–water partition coefficient (Wildman–Crippen LogP) is 3.78. The lowest BCUT2D eigenvalue weighted by atomic mass is 10.1. The first kappa shape index (κ1) is 21.2. The number of hydrogen-bond donors (Lipinski definition) is 3. The Morgan fingerprint density at radius 2 is 2.10 bits per heavy atom. The van der Waals surface area contributed by atoms with Gasteiger partial charge in [0.25, 0.3) is 0 Å². The Morgan fingerprint density at radius 1 is 1.26 bits per heavy atom. The van der Waals surface area contributed by atoms with Gasteiger partial charge in [0.1, 0.15) is 11.6 Å². The fraction of sp³-hybridized carbons (Fsp3) is 0.417. The molecule has 1 saturated heterocycles. The number of pyridine rings is 1. The van der Waals surface area contributed by atoms with Gasteiger partial charge in [-0.15, -0.1) is 0 Å². The summed E-state index contributed by atoms with van der Waals surface area (Å²) < 4.78 is 13.6. The van der Waals surface area contributed by atoms with Crippen LogP contribution in [0.1, 0.15) is 31.0 Å². The van der Waals surface area contributed by atoms with E-state index < -0.39 is 0 Å². The summed E-state index contributed by atoms with van der Waals surface area (Å²) >= 11 is 0. The predicted molar refractivity (Wildman–Crippen MR) is 125 cm³/mol. The number of H-pyrrole nitrogens is 1. The first-order valence-corrected chi connectivity index (χ1v) is 11.1. The monoisotopic (exact) mass is 422 g/mol. The van der Waals surface area contributed by atoms with Crippen LogP contribution in [-0.2, 0) is 6.42 Å². The number of fused-ring (bicyclic) bond motifs is 1. The Hall–Kier alpha value is -3.09. The summed E-state index contributed by atoms with van der Waals surface area (Å²) in [5.41, 5.74) is 3.10. The minimum absolute atomic E-state index is 0.209. The van der Waals surface area contributed by atoms with E-state index in [9.17, 15) is 4.39 Å². The highest BCUT2D eigenvalue weighted by atomic mass is 19.1. The maximum Gasteiger partial charge on any atom is 0.191 e. The second-order valence-corrected chi connectivity index (χ2v) is 8.06. The highest BCUT2D eigenvalue weighted by molar-refractivity contribution is 5.83. The lowest BCUT2D eigenvalue weighted by molar-refractivity contribution is 0.459. The van der Waals surface area contributed by atoms with Crippen molar-refractivity contribution in [1.82, 2.24) is 20.6 Å². The lowest BCUT2D eigenvalue weighted by Crippen LogP contribution is -2.49. The van der Waals surface area contributed by atoms with Crippen LogP contribution < -0.4 is 15.5 Å². The van der Waals surface area contributed by atoms with E-state index in [1.165, 1.54) is 6.07 Å². The molecule has 0 saturated carbocycles. The molecule has 3 aromatic rings. The molecule has 0 bridgehead atoms. The molecule has 3 N–H and O–H groups in total. The topological polar surface area (TPSA) is 68.3 Å². The van der Waals surface area contributed by atoms with Gasteiger partial charge in [0.05, 0.1) is 0 Å². The Kier molecular flexibility index (Phi) is 6.70. The molecule has 6 nitrogen and oxygen atoms in total. The molecule has 4 rings (SSSR count). The van der Waals surface area contributed by atoms with Crippen LogP contribution in [0.2, 0.25) is 0 Å². The van der Waals surface area contributed by atoms with Crippen LogP contribution >= 0.6 is 0 Å². The number of halogens is 1. The summed E-state index contributed by atoms with van der Waals surface area (Å²) in [6, 6.07) is 11.4. The van der Waals surface area contributed by atoms with Crippen molar-refractivity contribution < 1.29 is 4.39 Å². The summed E-state index contributed by atoms with van der Waals surface area (Å²) in [6.45, 7) is 7.53. The molecule has 0 aliphatic carbocycles. The van der Waals surface area contributed by atoms with Crippen LogP contribution in [0.3, 0.4) is 0 Å². The van der Waals surface area contributed by atoms with Crippen molar-refractivity contribution in [1.29, 1.82) is 0 Å². The fourth-order valence-electron chi connectivity index (χ4n) is 4.12. The molecule has 3 heterocycles. The van der Waals surface area contributed by atoms with Crippen molar-refractivity contribution in [3.63, 3.8) is 0 Å². The smallest absolute Gasteiger partial charge is 0.191 e. The van der Waals surface area contributed by atoms with Gasteiger partial charge in [0.2, 0.25) is 0 Å². The van der Waals surface area contributed by atoms with E-state index in [2.05, 4.69) is 44.6 Å². The summed E-state index contributed by atoms with van der Waals surface area (Å²) in [6.07, 6.45) is 4.80. The normalized spacial score (nSPS) is 15.5. The average Bonchev–Trinajstić information content (AvgIpc) is 3.16. The Morgan fingerprint density at radius 3 is 2.87 bits per heavy atom. The zero-order valence-electron chi connectivity index (χ0n) is 18.3. The number of aliphatic imine (C=N–C) groups is 1. The minimum Gasteiger partial charge on any atom is -0.361 e. The zero-order valence-corrected chi connectivity index (χ0v) is 18.3. The highest BCUT2D eigenvalue weighted by Gasteiger charge is 2.21. The van der Waals surface area contributed by atoms with Crippen LogP contribution in [0.4, 0.5) is 10.2 Å². The van der Waals surface area contributed by atoms with Crippen LogP contribution in [0, 0.1) is 12.7 Å². The number of guanidine groups is 1. The van der Waals surface area contributed by atoms with Crippen LogP contribution in [-0.4, -0.2) is 48.1 Å². The molecular formula is C24H31FN6. The van der Waals surface area contributed by atoms with Gasteiger partial charge in [-0.1, -0.05) is 6.07 Å². The van der Waals surface area contributed by atoms with E-state index in [-0.39, 0.29) is 5.82 Å². The van der Waals surface area contributed by atoms with Crippen molar-refractivity contribution in [2.75, 3.05) is 31.1 Å². The molecule has 0 radical (unpaired) electrons. The van der Waals surface area contributed by atoms with Crippen LogP contribution in [0.5, 0.6) is 0 Å². The zero-order chi connectivity index (χ0) is 21.6. The molecule has 0 unspecified atom stereocenters. The Bertz CT molecular complexity index is 1040. The van der Waals surface area contributed by atoms with Crippen molar-refractivity contribution in [3.05, 3.63) is 59.7 Å². The minimum atomic E-state index is -0.209. The molecule has 0 amide bonds. The summed E-state index contributed by atoms with van der Waals surface area (Å²) in [7, 11) is 0. The van der Waals surface area contributed by atoms with E-state index in [1.807, 2.05) is 19.2 Å². The maximum atomic E-state index is 13.6. The molecule has 2 aromatic heterocycles. The van der Waals surface area contributed by atoms with Crippen molar-refractivity contribution >= 4 is 22.7 Å². The Balaban J connectivity index is 1.32. The van der Waals surface area contributed by atoms with Gasteiger partial charge < -0.3 is 20.5 Å². The number of benzene rings is 1. The molecule has 31 heavy (non-hydrogen) atoms. The van der Waals surface area contributed by atoms with E-state index in [1.54, 1.807) is 12.1 Å². The van der Waals surface area contributed by atoms with Gasteiger partial charge in [0, 0.05) is 55.0 Å². The van der Waals surface area contributed by atoms with E-state index in [0.29, 0.717) is 12.6 Å². The standard InChI is InChI=1S/C24H31FN6/c1-3-26-24(27-12-9-18-16-28-22-8-7-19(25)15-21(18)22)30-20-10-13-31(14-11-20)23-6-4-5-17(2)29-23/h4-8,15-16,20,28H,3,9-14H2,1-2H3,(H2,26,27,30). The van der Waals surface area contributed by atoms with Gasteiger partial charge >= 0.3 is 0 Å². The fourth-order valence-corrected chi connectivity index (χ4v) is 4.12. The second-order valence-electron chi connectivity index (χ2n) is 8.06. The third kappa shape index (κ3) is 5.34. The largest absolute Gasteiger partial charge is 0.361 e. The first-order valence-electron chi connectivity index (χ1n) is 11.1. The van der Waals surface area contributed by atoms with Gasteiger partial charge in [-0.05, 0) is 69.0 Å². The first-order chi connectivity index (χ1) is 15.1. The van der Waals surface area contributed by atoms with Gasteiger partial charge in [-0.25, -0.2) is 9.37 Å². The molecular weight excluding hydrogens is 391 g/mol. The van der Waals surface area contributed by atoms with Crippen molar-refractivity contribution in [2.45, 2.75) is 39.2 Å². The molecule has 0 atom stereocenters. The average molecular weight is 423 g/mol. The number of piperidine rings is 1. The molecule has 1 fully saturated rings. The van der Waals surface area contributed by atoms with Crippen LogP contribution in [0.25, 0.3) is 10.9 Å². The summed E-state index contributed by atoms with van der Waals surface area (Å²) in [4.78, 5) is 15.0. The molecule has 164 valence electrons. The van der Waals surface area contributed by atoms with E-state index in [0.717, 1.165) is 72.8 Å². The number of hydrogen-bond acceptors (Lipinski definition) is 3. The number of aromatic nitrogens is 2. The van der Waals surface area contributed by atoms with E-state index in [4.69, 9.17) is 4.99 Å². The van der Waals surface area contributed by atoms with Crippen LogP contribution in [0.15, 0.2) is 47.6 Å². The number of aromatic amines is 1. The number of nitrogens with zero attached hydrogens (tertiary/aromatic N) is 3. The van der Waals surface area contributed by atoms with Gasteiger partial charge in [-0.3, -0.25) is 4.99 Å². The summed E-state index contributed by atoms with van der Waals surface area (Å²) in [5, 5.41) is 7.88.